The van der Waals surface area contributed by atoms with Gasteiger partial charge in [0, 0.05) is 12.7 Å². The van der Waals surface area contributed by atoms with E-state index in [-0.39, 0.29) is 23.7 Å². The SMILES string of the molecule is COC(=O)c1ccc(F)c(NCC(=O)N(C)c2ccccc2)c1. The summed E-state index contributed by atoms with van der Waals surface area (Å²) < 4.78 is 18.4. The molecule has 2 aromatic rings. The molecule has 0 radical (unpaired) electrons. The summed E-state index contributed by atoms with van der Waals surface area (Å²) in [6, 6.07) is 12.9. The fourth-order valence-corrected chi connectivity index (χ4v) is 1.99. The molecule has 0 heterocycles. The minimum absolute atomic E-state index is 0.0720. The van der Waals surface area contributed by atoms with E-state index in [1.165, 1.54) is 24.1 Å². The predicted molar refractivity (Wildman–Crippen MR) is 86.1 cm³/mol. The minimum Gasteiger partial charge on any atom is -0.465 e. The Bertz CT molecular complexity index is 704. The summed E-state index contributed by atoms with van der Waals surface area (Å²) in [5, 5.41) is 2.71. The van der Waals surface area contributed by atoms with Gasteiger partial charge in [-0.15, -0.1) is 0 Å². The Morgan fingerprint density at radius 3 is 2.52 bits per heavy atom. The number of ether oxygens (including phenoxy) is 1. The molecule has 0 aromatic heterocycles. The highest BCUT2D eigenvalue weighted by Gasteiger charge is 2.13. The summed E-state index contributed by atoms with van der Waals surface area (Å²) in [6.07, 6.45) is 0. The standard InChI is InChI=1S/C17H17FN2O3/c1-20(13-6-4-3-5-7-13)16(21)11-19-15-10-12(17(22)23-2)8-9-14(15)18/h3-10,19H,11H2,1-2H3. The summed E-state index contributed by atoms with van der Waals surface area (Å²) in [7, 11) is 2.89. The highest BCUT2D eigenvalue weighted by atomic mass is 19.1. The zero-order valence-corrected chi connectivity index (χ0v) is 12.9. The van der Waals surface area contributed by atoms with Crippen LogP contribution in [-0.4, -0.2) is 32.6 Å². The third-order valence-corrected chi connectivity index (χ3v) is 3.34. The molecule has 1 amide bonds. The van der Waals surface area contributed by atoms with Gasteiger partial charge in [-0.05, 0) is 30.3 Å². The van der Waals surface area contributed by atoms with E-state index in [9.17, 15) is 14.0 Å². The zero-order valence-electron chi connectivity index (χ0n) is 12.9. The number of methoxy groups -OCH3 is 1. The average Bonchev–Trinajstić information content (AvgIpc) is 2.60. The van der Waals surface area contributed by atoms with Gasteiger partial charge in [0.15, 0.2) is 0 Å². The smallest absolute Gasteiger partial charge is 0.337 e. The van der Waals surface area contributed by atoms with Crippen LogP contribution in [0, 0.1) is 5.82 Å². The van der Waals surface area contributed by atoms with E-state index in [0.717, 1.165) is 11.8 Å². The zero-order chi connectivity index (χ0) is 16.8. The Morgan fingerprint density at radius 2 is 1.87 bits per heavy atom. The molecule has 1 N–H and O–H groups in total. The topological polar surface area (TPSA) is 58.6 Å². The van der Waals surface area contributed by atoms with Gasteiger partial charge in [-0.25, -0.2) is 9.18 Å². The number of carbonyl (C=O) groups is 2. The van der Waals surface area contributed by atoms with E-state index in [1.54, 1.807) is 19.2 Å². The maximum atomic E-state index is 13.8. The molecule has 5 nitrogen and oxygen atoms in total. The van der Waals surface area contributed by atoms with Gasteiger partial charge < -0.3 is 15.0 Å². The summed E-state index contributed by atoms with van der Waals surface area (Å²) in [5.41, 5.74) is 1.02. The molecule has 0 unspecified atom stereocenters. The van der Waals surface area contributed by atoms with E-state index in [2.05, 4.69) is 10.1 Å². The van der Waals surface area contributed by atoms with Gasteiger partial charge in [0.1, 0.15) is 5.82 Å². The Kier molecular flexibility index (Phi) is 5.30. The van der Waals surface area contributed by atoms with Gasteiger partial charge in [0.2, 0.25) is 5.91 Å². The van der Waals surface area contributed by atoms with E-state index in [1.807, 2.05) is 18.2 Å². The van der Waals surface area contributed by atoms with Gasteiger partial charge in [0.25, 0.3) is 0 Å². The van der Waals surface area contributed by atoms with Crippen molar-refractivity contribution >= 4 is 23.3 Å². The number of nitrogens with one attached hydrogen (secondary N) is 1. The monoisotopic (exact) mass is 316 g/mol. The number of anilines is 2. The molecule has 0 aliphatic rings. The quantitative estimate of drug-likeness (QED) is 0.862. The number of para-hydroxylation sites is 1. The summed E-state index contributed by atoms with van der Waals surface area (Å²) >= 11 is 0. The Labute approximate surface area is 133 Å². The van der Waals surface area contributed by atoms with Crippen molar-refractivity contribution in [3.05, 3.63) is 59.9 Å². The molecule has 0 aliphatic carbocycles. The normalized spacial score (nSPS) is 10.0. The van der Waals surface area contributed by atoms with Crippen LogP contribution in [0.15, 0.2) is 48.5 Å². The first kappa shape index (κ1) is 16.5. The summed E-state index contributed by atoms with van der Waals surface area (Å²) in [4.78, 5) is 25.1. The molecule has 0 fully saturated rings. The highest BCUT2D eigenvalue weighted by molar-refractivity contribution is 5.96. The molecular formula is C17H17FN2O3. The maximum absolute atomic E-state index is 13.8. The molecule has 0 atom stereocenters. The Balaban J connectivity index is 2.05. The number of hydrogen-bond donors (Lipinski definition) is 1. The molecule has 120 valence electrons. The van der Waals surface area contributed by atoms with Crippen molar-refractivity contribution in [1.29, 1.82) is 0 Å². The summed E-state index contributed by atoms with van der Waals surface area (Å²) in [6.45, 7) is -0.104. The number of nitrogens with zero attached hydrogens (tertiary/aromatic N) is 1. The van der Waals surface area contributed by atoms with Crippen LogP contribution < -0.4 is 10.2 Å². The molecule has 0 aliphatic heterocycles. The van der Waals surface area contributed by atoms with E-state index < -0.39 is 11.8 Å². The fourth-order valence-electron chi connectivity index (χ4n) is 1.99. The number of esters is 1. The van der Waals surface area contributed by atoms with Crippen molar-refractivity contribution in [2.24, 2.45) is 0 Å². The lowest BCUT2D eigenvalue weighted by atomic mass is 10.2. The van der Waals surface area contributed by atoms with Crippen molar-refractivity contribution in [2.45, 2.75) is 0 Å². The molecule has 6 heteroatoms. The molecule has 2 rings (SSSR count). The number of likely N-dealkylation sites (N-methyl/N-ethyl adjacent to an activating group) is 1. The molecule has 23 heavy (non-hydrogen) atoms. The second kappa shape index (κ2) is 7.40. The number of halogens is 1. The van der Waals surface area contributed by atoms with Gasteiger partial charge in [-0.1, -0.05) is 18.2 Å². The van der Waals surface area contributed by atoms with E-state index >= 15 is 0 Å². The van der Waals surface area contributed by atoms with Crippen LogP contribution in [0.5, 0.6) is 0 Å². The van der Waals surface area contributed by atoms with Crippen molar-refractivity contribution in [2.75, 3.05) is 30.9 Å². The lowest BCUT2D eigenvalue weighted by Gasteiger charge is -2.18. The van der Waals surface area contributed by atoms with Crippen molar-refractivity contribution in [1.82, 2.24) is 0 Å². The Hall–Kier alpha value is -2.89. The van der Waals surface area contributed by atoms with Crippen LogP contribution in [-0.2, 0) is 9.53 Å². The van der Waals surface area contributed by atoms with Crippen LogP contribution in [0.3, 0.4) is 0 Å². The van der Waals surface area contributed by atoms with Gasteiger partial charge >= 0.3 is 5.97 Å². The third kappa shape index (κ3) is 4.06. The van der Waals surface area contributed by atoms with Crippen molar-refractivity contribution in [3.8, 4) is 0 Å². The largest absolute Gasteiger partial charge is 0.465 e. The molecule has 0 spiro atoms. The fraction of sp³-hybridized carbons (Fsp3) is 0.176. The van der Waals surface area contributed by atoms with Crippen LogP contribution >= 0.6 is 0 Å². The van der Waals surface area contributed by atoms with Crippen LogP contribution in [0.2, 0.25) is 0 Å². The van der Waals surface area contributed by atoms with Gasteiger partial charge in [0.05, 0.1) is 24.9 Å². The maximum Gasteiger partial charge on any atom is 0.337 e. The van der Waals surface area contributed by atoms with Gasteiger partial charge in [-0.2, -0.15) is 0 Å². The van der Waals surface area contributed by atoms with Crippen molar-refractivity contribution < 1.29 is 18.7 Å². The minimum atomic E-state index is -0.569. The van der Waals surface area contributed by atoms with Crippen LogP contribution in [0.1, 0.15) is 10.4 Å². The Morgan fingerprint density at radius 1 is 1.17 bits per heavy atom. The molecule has 0 saturated heterocycles. The molecule has 0 bridgehead atoms. The van der Waals surface area contributed by atoms with E-state index in [4.69, 9.17) is 0 Å². The first-order chi connectivity index (χ1) is 11.0. The average molecular weight is 316 g/mol. The predicted octanol–water partition coefficient (Wildman–Crippen LogP) is 2.69. The van der Waals surface area contributed by atoms with Crippen molar-refractivity contribution in [3.63, 3.8) is 0 Å². The lowest BCUT2D eigenvalue weighted by Crippen LogP contribution is -2.32. The van der Waals surface area contributed by atoms with E-state index in [0.29, 0.717) is 0 Å². The van der Waals surface area contributed by atoms with Crippen LogP contribution in [0.25, 0.3) is 0 Å². The second-order valence-electron chi connectivity index (χ2n) is 4.83. The third-order valence-electron chi connectivity index (χ3n) is 3.34. The number of amides is 1. The number of hydrogen-bond acceptors (Lipinski definition) is 4. The number of rotatable bonds is 5. The number of benzene rings is 2. The second-order valence-corrected chi connectivity index (χ2v) is 4.83. The molecule has 0 saturated carbocycles. The summed E-state index contributed by atoms with van der Waals surface area (Å²) in [5.74, 6) is -1.35. The first-order valence-electron chi connectivity index (χ1n) is 6.96. The molecular weight excluding hydrogens is 299 g/mol. The lowest BCUT2D eigenvalue weighted by molar-refractivity contribution is -0.116. The molecule has 2 aromatic carbocycles. The number of carbonyl (C=O) groups excluding carboxylic acids is 2. The van der Waals surface area contributed by atoms with Crippen LogP contribution in [0.4, 0.5) is 15.8 Å². The highest BCUT2D eigenvalue weighted by Crippen LogP contribution is 2.17. The van der Waals surface area contributed by atoms with Gasteiger partial charge in [-0.3, -0.25) is 4.79 Å². The first-order valence-corrected chi connectivity index (χ1v) is 6.96.